The monoisotopic (exact) mass is 332 g/mol. The number of nitrogens with one attached hydrogen (secondary N) is 2. The number of hydrogen-bond donors (Lipinski definition) is 2. The fraction of sp³-hybridized carbons (Fsp3) is 0.529. The predicted octanol–water partition coefficient (Wildman–Crippen LogP) is -0.560. The number of nitrogens with zero attached hydrogens (tertiary/aromatic N) is 2. The van der Waals surface area contributed by atoms with E-state index >= 15 is 0 Å². The highest BCUT2D eigenvalue weighted by atomic mass is 16.5. The minimum atomic E-state index is -0.360. The minimum Gasteiger partial charge on any atom is -0.378 e. The summed E-state index contributed by atoms with van der Waals surface area (Å²) in [6.07, 6.45) is 0. The van der Waals surface area contributed by atoms with Gasteiger partial charge in [0.25, 0.3) is 0 Å². The molecule has 7 heteroatoms. The lowest BCUT2D eigenvalue weighted by molar-refractivity contribution is -0.134. The molecule has 2 aliphatic heterocycles. The normalized spacial score (nSPS) is 21.4. The van der Waals surface area contributed by atoms with E-state index in [1.54, 1.807) is 0 Å². The summed E-state index contributed by atoms with van der Waals surface area (Å²) >= 11 is 0. The number of carbonyl (C=O) groups is 2. The number of ether oxygens (including phenoxy) is 1. The van der Waals surface area contributed by atoms with Crippen molar-refractivity contribution in [3.8, 4) is 0 Å². The van der Waals surface area contributed by atoms with Gasteiger partial charge in [0.15, 0.2) is 0 Å². The topological polar surface area (TPSA) is 73.9 Å². The zero-order valence-corrected chi connectivity index (χ0v) is 13.7. The number of anilines is 1. The number of rotatable bonds is 4. The maximum absolute atomic E-state index is 12.3. The van der Waals surface area contributed by atoms with Gasteiger partial charge in [-0.2, -0.15) is 0 Å². The van der Waals surface area contributed by atoms with Crippen molar-refractivity contribution >= 4 is 17.5 Å². The van der Waals surface area contributed by atoms with Crippen molar-refractivity contribution in [3.63, 3.8) is 0 Å². The molecule has 0 bridgehead atoms. The molecule has 24 heavy (non-hydrogen) atoms. The molecule has 0 radical (unpaired) electrons. The smallest absolute Gasteiger partial charge is 0.242 e. The van der Waals surface area contributed by atoms with E-state index in [1.165, 1.54) is 5.69 Å². The summed E-state index contributed by atoms with van der Waals surface area (Å²) in [6, 6.07) is 9.84. The Kier molecular flexibility index (Phi) is 5.66. The van der Waals surface area contributed by atoms with Gasteiger partial charge >= 0.3 is 0 Å². The number of para-hydroxylation sites is 1. The summed E-state index contributed by atoms with van der Waals surface area (Å²) in [5, 5.41) is 5.78. The molecule has 1 aromatic carbocycles. The molecule has 0 spiro atoms. The average Bonchev–Trinajstić information content (AvgIpc) is 2.67. The average molecular weight is 332 g/mol. The van der Waals surface area contributed by atoms with Crippen LogP contribution < -0.4 is 15.5 Å². The Bertz CT molecular complexity index is 552. The number of carbonyl (C=O) groups excluding carboxylic acids is 2. The first-order valence-corrected chi connectivity index (χ1v) is 8.40. The summed E-state index contributed by atoms with van der Waals surface area (Å²) in [5.41, 5.74) is 1.18. The van der Waals surface area contributed by atoms with Crippen molar-refractivity contribution in [2.45, 2.75) is 6.04 Å². The van der Waals surface area contributed by atoms with Crippen molar-refractivity contribution in [1.29, 1.82) is 0 Å². The molecule has 0 aromatic heterocycles. The molecule has 2 amide bonds. The van der Waals surface area contributed by atoms with Crippen LogP contribution in [0.25, 0.3) is 0 Å². The van der Waals surface area contributed by atoms with Crippen molar-refractivity contribution in [1.82, 2.24) is 15.5 Å². The van der Waals surface area contributed by atoms with Crippen LogP contribution in [0.2, 0.25) is 0 Å². The molecule has 3 rings (SSSR count). The lowest BCUT2D eigenvalue weighted by Gasteiger charge is -2.36. The van der Waals surface area contributed by atoms with E-state index in [-0.39, 0.29) is 24.4 Å². The maximum atomic E-state index is 12.3. The van der Waals surface area contributed by atoms with Gasteiger partial charge in [0, 0.05) is 38.4 Å². The Morgan fingerprint density at radius 2 is 1.92 bits per heavy atom. The number of hydrogen-bond acceptors (Lipinski definition) is 5. The standard InChI is InChI=1S/C17H24N4O3/c22-16(12-19-17(23)15-13-24-11-6-18-15)21-9-7-20(8-10-21)14-4-2-1-3-5-14/h1-5,15,18H,6-13H2,(H,19,23). The van der Waals surface area contributed by atoms with Gasteiger partial charge in [-0.3, -0.25) is 9.59 Å². The van der Waals surface area contributed by atoms with E-state index in [0.717, 1.165) is 13.1 Å². The summed E-state index contributed by atoms with van der Waals surface area (Å²) < 4.78 is 5.26. The van der Waals surface area contributed by atoms with Crippen LogP contribution >= 0.6 is 0 Å². The molecule has 2 fully saturated rings. The van der Waals surface area contributed by atoms with Crippen LogP contribution in [0.3, 0.4) is 0 Å². The number of amides is 2. The van der Waals surface area contributed by atoms with E-state index < -0.39 is 0 Å². The summed E-state index contributed by atoms with van der Waals surface area (Å²) in [5.74, 6) is -0.209. The molecule has 1 atom stereocenters. The van der Waals surface area contributed by atoms with Crippen LogP contribution in [0.4, 0.5) is 5.69 Å². The summed E-state index contributed by atoms with van der Waals surface area (Å²) in [4.78, 5) is 28.3. The SMILES string of the molecule is O=C(NCC(=O)N1CCN(c2ccccc2)CC1)C1COCCN1. The second kappa shape index (κ2) is 8.12. The van der Waals surface area contributed by atoms with Gasteiger partial charge in [0.2, 0.25) is 11.8 Å². The molecule has 2 N–H and O–H groups in total. The van der Waals surface area contributed by atoms with Gasteiger partial charge in [-0.05, 0) is 12.1 Å². The minimum absolute atomic E-state index is 0.0345. The first-order valence-electron chi connectivity index (χ1n) is 8.40. The number of morpholine rings is 1. The summed E-state index contributed by atoms with van der Waals surface area (Å²) in [6.45, 7) is 4.65. The van der Waals surface area contributed by atoms with E-state index in [9.17, 15) is 9.59 Å². The van der Waals surface area contributed by atoms with Gasteiger partial charge in [0.05, 0.1) is 19.8 Å². The molecule has 7 nitrogen and oxygen atoms in total. The lowest BCUT2D eigenvalue weighted by atomic mass is 10.2. The first-order chi connectivity index (χ1) is 11.7. The van der Waals surface area contributed by atoms with Crippen LogP contribution in [0.15, 0.2) is 30.3 Å². The Morgan fingerprint density at radius 3 is 2.58 bits per heavy atom. The molecule has 1 unspecified atom stereocenters. The van der Waals surface area contributed by atoms with Crippen LogP contribution in [0.1, 0.15) is 0 Å². The van der Waals surface area contributed by atoms with E-state index in [0.29, 0.717) is 32.8 Å². The third-order valence-corrected chi connectivity index (χ3v) is 4.41. The Balaban J connectivity index is 1.41. The highest BCUT2D eigenvalue weighted by molar-refractivity contribution is 5.87. The van der Waals surface area contributed by atoms with Crippen molar-refractivity contribution < 1.29 is 14.3 Å². The fourth-order valence-corrected chi connectivity index (χ4v) is 2.98. The highest BCUT2D eigenvalue weighted by Crippen LogP contribution is 2.15. The Hall–Kier alpha value is -2.12. The van der Waals surface area contributed by atoms with Crippen LogP contribution in [0.5, 0.6) is 0 Å². The first kappa shape index (κ1) is 16.7. The molecule has 0 aliphatic carbocycles. The highest BCUT2D eigenvalue weighted by Gasteiger charge is 2.24. The molecule has 0 saturated carbocycles. The third kappa shape index (κ3) is 4.24. The molecule has 2 heterocycles. The molecular weight excluding hydrogens is 308 g/mol. The van der Waals surface area contributed by atoms with Crippen LogP contribution in [0, 0.1) is 0 Å². The zero-order valence-electron chi connectivity index (χ0n) is 13.7. The van der Waals surface area contributed by atoms with Gasteiger partial charge < -0.3 is 25.2 Å². The van der Waals surface area contributed by atoms with E-state index in [4.69, 9.17) is 4.74 Å². The quantitative estimate of drug-likeness (QED) is 0.773. The molecular formula is C17H24N4O3. The Morgan fingerprint density at radius 1 is 1.17 bits per heavy atom. The summed E-state index contributed by atoms with van der Waals surface area (Å²) in [7, 11) is 0. The van der Waals surface area contributed by atoms with Crippen molar-refractivity contribution in [2.24, 2.45) is 0 Å². The zero-order chi connectivity index (χ0) is 16.8. The molecule has 2 saturated heterocycles. The maximum Gasteiger partial charge on any atom is 0.242 e. The fourth-order valence-electron chi connectivity index (χ4n) is 2.98. The second-order valence-electron chi connectivity index (χ2n) is 6.00. The van der Waals surface area contributed by atoms with Gasteiger partial charge in [0.1, 0.15) is 6.04 Å². The van der Waals surface area contributed by atoms with E-state index in [2.05, 4.69) is 27.7 Å². The van der Waals surface area contributed by atoms with Crippen molar-refractivity contribution in [2.75, 3.05) is 57.4 Å². The predicted molar refractivity (Wildman–Crippen MR) is 90.9 cm³/mol. The lowest BCUT2D eigenvalue weighted by Crippen LogP contribution is -2.54. The van der Waals surface area contributed by atoms with Crippen LogP contribution in [-0.4, -0.2) is 75.2 Å². The molecule has 1 aromatic rings. The van der Waals surface area contributed by atoms with Crippen molar-refractivity contribution in [3.05, 3.63) is 30.3 Å². The number of piperazine rings is 1. The van der Waals surface area contributed by atoms with E-state index in [1.807, 2.05) is 23.1 Å². The molecule has 130 valence electrons. The van der Waals surface area contributed by atoms with Gasteiger partial charge in [-0.25, -0.2) is 0 Å². The van der Waals surface area contributed by atoms with Gasteiger partial charge in [-0.15, -0.1) is 0 Å². The second-order valence-corrected chi connectivity index (χ2v) is 6.00. The molecule has 2 aliphatic rings. The third-order valence-electron chi connectivity index (χ3n) is 4.41. The Labute approximate surface area is 141 Å². The van der Waals surface area contributed by atoms with Gasteiger partial charge in [-0.1, -0.05) is 18.2 Å². The van der Waals surface area contributed by atoms with Crippen LogP contribution in [-0.2, 0) is 14.3 Å². The number of benzene rings is 1. The largest absolute Gasteiger partial charge is 0.378 e.